The molecule has 20 heavy (non-hydrogen) atoms. The minimum atomic E-state index is -0.0574. The van der Waals surface area contributed by atoms with Gasteiger partial charge >= 0.3 is 0 Å². The summed E-state index contributed by atoms with van der Waals surface area (Å²) in [5.41, 5.74) is 1.27. The van der Waals surface area contributed by atoms with E-state index in [0.29, 0.717) is 11.7 Å². The van der Waals surface area contributed by atoms with Crippen LogP contribution in [-0.2, 0) is 11.2 Å². The van der Waals surface area contributed by atoms with E-state index in [1.165, 1.54) is 16.9 Å². The van der Waals surface area contributed by atoms with Crippen molar-refractivity contribution in [2.45, 2.75) is 6.42 Å². The molecule has 0 saturated carbocycles. The third-order valence-electron chi connectivity index (χ3n) is 2.40. The fourth-order valence-electron chi connectivity index (χ4n) is 1.53. The summed E-state index contributed by atoms with van der Waals surface area (Å²) < 4.78 is 0. The van der Waals surface area contributed by atoms with Crippen molar-refractivity contribution < 1.29 is 10.3 Å². The van der Waals surface area contributed by atoms with Crippen LogP contribution >= 0.6 is 23.7 Å². The lowest BCUT2D eigenvalue weighted by Crippen LogP contribution is -2.29. The lowest BCUT2D eigenvalue weighted by atomic mass is 10.1. The molecule has 0 aliphatic heterocycles. The van der Waals surface area contributed by atoms with Gasteiger partial charge in [0.05, 0.1) is 6.54 Å². The highest BCUT2D eigenvalue weighted by Gasteiger charge is 2.02. The minimum Gasteiger partial charge on any atom is -0.412 e. The molecule has 1 amide bonds. The second-order valence-electron chi connectivity index (χ2n) is 3.80. The van der Waals surface area contributed by atoms with Gasteiger partial charge in [-0.05, 0) is 18.5 Å². The van der Waals surface area contributed by atoms with Gasteiger partial charge in [0, 0.05) is 11.6 Å². The summed E-state index contributed by atoms with van der Waals surface area (Å²) in [6.07, 6.45) is 2.59. The summed E-state index contributed by atoms with van der Waals surface area (Å²) >= 11 is 1.42. The molecule has 0 atom stereocenters. The van der Waals surface area contributed by atoms with Crippen LogP contribution in [0.4, 0.5) is 5.13 Å². The van der Waals surface area contributed by atoms with Crippen molar-refractivity contribution in [2.24, 2.45) is 0 Å². The second kappa shape index (κ2) is 10.3. The summed E-state index contributed by atoms with van der Waals surface area (Å²) in [5, 5.41) is 8.31. The van der Waals surface area contributed by atoms with Crippen molar-refractivity contribution in [2.75, 3.05) is 18.4 Å². The highest BCUT2D eigenvalue weighted by atomic mass is 35.5. The van der Waals surface area contributed by atoms with Gasteiger partial charge in [-0.2, -0.15) is 0 Å². The first-order valence-electron chi connectivity index (χ1n) is 5.78. The van der Waals surface area contributed by atoms with E-state index in [2.05, 4.69) is 27.8 Å². The molecule has 0 bridgehead atoms. The monoisotopic (exact) mass is 315 g/mol. The molecule has 2 rings (SSSR count). The van der Waals surface area contributed by atoms with Gasteiger partial charge in [-0.15, -0.1) is 23.7 Å². The molecule has 1 heterocycles. The lowest BCUT2D eigenvalue weighted by molar-refractivity contribution is -0.115. The number of amides is 1. The van der Waals surface area contributed by atoms with Crippen LogP contribution in [-0.4, -0.2) is 29.5 Å². The standard InChI is InChI=1S/C13H15N3OS.ClH.H2O/c17-12(16-13-15-8-9-18-13)10-14-7-6-11-4-2-1-3-5-11;;/h1-5,8-9,14H,6-7,10H2,(H,15,16,17);1H;1H2. The Hall–Kier alpha value is -1.47. The quantitative estimate of drug-likeness (QED) is 0.792. The van der Waals surface area contributed by atoms with Crippen LogP contribution in [0.5, 0.6) is 0 Å². The summed E-state index contributed by atoms with van der Waals surface area (Å²) in [7, 11) is 0. The van der Waals surface area contributed by atoms with Crippen LogP contribution in [0.3, 0.4) is 0 Å². The van der Waals surface area contributed by atoms with Crippen molar-refractivity contribution in [1.29, 1.82) is 0 Å². The van der Waals surface area contributed by atoms with E-state index in [0.717, 1.165) is 13.0 Å². The van der Waals surface area contributed by atoms with Crippen molar-refractivity contribution >= 4 is 34.8 Å². The predicted molar refractivity (Wildman–Crippen MR) is 84.6 cm³/mol. The molecule has 0 fully saturated rings. The molecule has 2 aromatic rings. The molecule has 0 saturated heterocycles. The van der Waals surface area contributed by atoms with Gasteiger partial charge in [0.2, 0.25) is 5.91 Å². The first-order valence-corrected chi connectivity index (χ1v) is 6.66. The summed E-state index contributed by atoms with van der Waals surface area (Å²) in [5.74, 6) is -0.0574. The molecule has 0 aliphatic rings. The Balaban J connectivity index is 0.00000180. The van der Waals surface area contributed by atoms with E-state index in [-0.39, 0.29) is 23.8 Å². The zero-order valence-electron chi connectivity index (χ0n) is 10.8. The maximum absolute atomic E-state index is 11.5. The van der Waals surface area contributed by atoms with Gasteiger partial charge in [-0.1, -0.05) is 30.3 Å². The molecule has 110 valence electrons. The number of thiazole rings is 1. The van der Waals surface area contributed by atoms with Crippen molar-refractivity contribution in [3.05, 3.63) is 47.5 Å². The molecule has 0 spiro atoms. The Morgan fingerprint density at radius 2 is 2.00 bits per heavy atom. The van der Waals surface area contributed by atoms with Gasteiger partial charge in [-0.25, -0.2) is 4.98 Å². The predicted octanol–water partition coefficient (Wildman–Crippen LogP) is 1.51. The fraction of sp³-hybridized carbons (Fsp3) is 0.231. The average molecular weight is 316 g/mol. The third-order valence-corrected chi connectivity index (χ3v) is 3.09. The first kappa shape index (κ1) is 18.5. The Morgan fingerprint density at radius 3 is 2.65 bits per heavy atom. The number of carbonyl (C=O) groups excluding carboxylic acids is 1. The van der Waals surface area contributed by atoms with E-state index in [4.69, 9.17) is 0 Å². The topological polar surface area (TPSA) is 85.5 Å². The molecule has 7 heteroatoms. The summed E-state index contributed by atoms with van der Waals surface area (Å²) in [6, 6.07) is 10.2. The molecule has 4 N–H and O–H groups in total. The maximum Gasteiger partial charge on any atom is 0.240 e. The van der Waals surface area contributed by atoms with Crippen molar-refractivity contribution in [3.8, 4) is 0 Å². The van der Waals surface area contributed by atoms with Crippen molar-refractivity contribution in [1.82, 2.24) is 10.3 Å². The first-order chi connectivity index (χ1) is 8.84. The van der Waals surface area contributed by atoms with Crippen LogP contribution in [0.2, 0.25) is 0 Å². The van der Waals surface area contributed by atoms with Gasteiger partial charge in [0.1, 0.15) is 0 Å². The SMILES string of the molecule is Cl.O.O=C(CNCCc1ccccc1)Nc1nccs1. The van der Waals surface area contributed by atoms with Crippen LogP contribution in [0, 0.1) is 0 Å². The second-order valence-corrected chi connectivity index (χ2v) is 4.69. The number of hydrogen-bond donors (Lipinski definition) is 2. The highest BCUT2D eigenvalue weighted by molar-refractivity contribution is 7.13. The van der Waals surface area contributed by atoms with Crippen LogP contribution in [0.15, 0.2) is 41.9 Å². The lowest BCUT2D eigenvalue weighted by Gasteiger charge is -2.04. The van der Waals surface area contributed by atoms with Crippen molar-refractivity contribution in [3.63, 3.8) is 0 Å². The number of benzene rings is 1. The van der Waals surface area contributed by atoms with Crippen LogP contribution < -0.4 is 10.6 Å². The molecule has 0 aliphatic carbocycles. The maximum atomic E-state index is 11.5. The number of rotatable bonds is 6. The Morgan fingerprint density at radius 1 is 1.25 bits per heavy atom. The van der Waals surface area contributed by atoms with Gasteiger partial charge in [-0.3, -0.25) is 4.79 Å². The van der Waals surface area contributed by atoms with E-state index in [9.17, 15) is 4.79 Å². The highest BCUT2D eigenvalue weighted by Crippen LogP contribution is 2.09. The van der Waals surface area contributed by atoms with E-state index >= 15 is 0 Å². The Labute approximate surface area is 128 Å². The minimum absolute atomic E-state index is 0. The summed E-state index contributed by atoms with van der Waals surface area (Å²) in [6.45, 7) is 1.10. The number of nitrogens with zero attached hydrogens (tertiary/aromatic N) is 1. The van der Waals surface area contributed by atoms with Crippen LogP contribution in [0.1, 0.15) is 5.56 Å². The molecule has 0 radical (unpaired) electrons. The largest absolute Gasteiger partial charge is 0.412 e. The number of carbonyl (C=O) groups is 1. The van der Waals surface area contributed by atoms with Crippen LogP contribution in [0.25, 0.3) is 0 Å². The number of hydrogen-bond acceptors (Lipinski definition) is 4. The zero-order chi connectivity index (χ0) is 12.6. The molecular weight excluding hydrogens is 298 g/mol. The van der Waals surface area contributed by atoms with Gasteiger partial charge in [0.25, 0.3) is 0 Å². The Bertz CT molecular complexity index is 480. The van der Waals surface area contributed by atoms with Gasteiger partial charge < -0.3 is 16.1 Å². The summed E-state index contributed by atoms with van der Waals surface area (Å²) in [4.78, 5) is 15.5. The molecular formula is C13H18ClN3O2S. The molecule has 5 nitrogen and oxygen atoms in total. The number of anilines is 1. The third kappa shape index (κ3) is 6.63. The normalized spacial score (nSPS) is 9.20. The number of aromatic nitrogens is 1. The number of halogens is 1. The van der Waals surface area contributed by atoms with E-state index < -0.39 is 0 Å². The average Bonchev–Trinajstić information content (AvgIpc) is 2.89. The molecule has 1 aromatic carbocycles. The fourth-order valence-corrected chi connectivity index (χ4v) is 2.07. The Kier molecular flexibility index (Phi) is 9.57. The zero-order valence-corrected chi connectivity index (χ0v) is 12.5. The smallest absolute Gasteiger partial charge is 0.240 e. The van der Waals surface area contributed by atoms with E-state index in [1.54, 1.807) is 6.20 Å². The van der Waals surface area contributed by atoms with Gasteiger partial charge in [0.15, 0.2) is 5.13 Å². The number of nitrogens with one attached hydrogen (secondary N) is 2. The molecule has 1 aromatic heterocycles. The molecule has 0 unspecified atom stereocenters. The van der Waals surface area contributed by atoms with E-state index in [1.807, 2.05) is 23.6 Å².